The number of amides is 1. The van der Waals surface area contributed by atoms with E-state index in [9.17, 15) is 9.59 Å². The summed E-state index contributed by atoms with van der Waals surface area (Å²) >= 11 is 11.7. The van der Waals surface area contributed by atoms with E-state index in [1.165, 1.54) is 0 Å². The summed E-state index contributed by atoms with van der Waals surface area (Å²) in [6, 6.07) is 3.80. The van der Waals surface area contributed by atoms with Crippen LogP contribution in [0.4, 0.5) is 0 Å². The number of carbonyl (C=O) groups excluding carboxylic acids is 1. The van der Waals surface area contributed by atoms with Crippen molar-refractivity contribution in [2.75, 3.05) is 0 Å². The topological polar surface area (TPSA) is 66.4 Å². The maximum Gasteiger partial charge on any atom is 0.326 e. The SMILES string of the molecule is C=CCCC(=O)NC(Cc1cc(Cl)cc(Cl)c1)C(=O)O. The third kappa shape index (κ3) is 5.63. The van der Waals surface area contributed by atoms with Crippen molar-refractivity contribution in [3.8, 4) is 0 Å². The van der Waals surface area contributed by atoms with E-state index in [-0.39, 0.29) is 18.7 Å². The quantitative estimate of drug-likeness (QED) is 0.760. The van der Waals surface area contributed by atoms with Gasteiger partial charge in [-0.25, -0.2) is 4.79 Å². The van der Waals surface area contributed by atoms with E-state index in [0.717, 1.165) is 0 Å². The maximum absolute atomic E-state index is 11.6. The van der Waals surface area contributed by atoms with E-state index in [2.05, 4.69) is 11.9 Å². The number of rotatable bonds is 7. The van der Waals surface area contributed by atoms with Crippen molar-refractivity contribution in [1.29, 1.82) is 0 Å². The van der Waals surface area contributed by atoms with Gasteiger partial charge in [-0.15, -0.1) is 6.58 Å². The minimum absolute atomic E-state index is 0.120. The number of carboxylic acid groups (broad SMARTS) is 1. The van der Waals surface area contributed by atoms with E-state index >= 15 is 0 Å². The van der Waals surface area contributed by atoms with Gasteiger partial charge in [-0.2, -0.15) is 0 Å². The van der Waals surface area contributed by atoms with Crippen LogP contribution in [0.1, 0.15) is 18.4 Å². The first-order valence-corrected chi connectivity index (χ1v) is 6.76. The smallest absolute Gasteiger partial charge is 0.326 e. The zero-order valence-corrected chi connectivity index (χ0v) is 12.2. The zero-order valence-electron chi connectivity index (χ0n) is 10.7. The van der Waals surface area contributed by atoms with Gasteiger partial charge in [0.25, 0.3) is 0 Å². The summed E-state index contributed by atoms with van der Waals surface area (Å²) in [5.74, 6) is -1.43. The molecule has 0 fully saturated rings. The Bertz CT molecular complexity index is 497. The van der Waals surface area contributed by atoms with Crippen LogP contribution in [-0.4, -0.2) is 23.0 Å². The van der Waals surface area contributed by atoms with Gasteiger partial charge in [-0.05, 0) is 30.2 Å². The summed E-state index contributed by atoms with van der Waals surface area (Å²) in [4.78, 5) is 22.7. The Hall–Kier alpha value is -1.52. The number of halogens is 2. The molecular formula is C14H15Cl2NO3. The van der Waals surface area contributed by atoms with Crippen molar-refractivity contribution in [2.45, 2.75) is 25.3 Å². The Morgan fingerprint density at radius 1 is 1.30 bits per heavy atom. The van der Waals surface area contributed by atoms with E-state index in [1.54, 1.807) is 24.3 Å². The summed E-state index contributed by atoms with van der Waals surface area (Å²) in [5, 5.41) is 12.5. The molecule has 1 atom stereocenters. The normalized spacial score (nSPS) is 11.7. The molecule has 1 unspecified atom stereocenters. The zero-order chi connectivity index (χ0) is 15.1. The van der Waals surface area contributed by atoms with Gasteiger partial charge in [0.1, 0.15) is 6.04 Å². The number of carbonyl (C=O) groups is 2. The molecule has 0 aliphatic heterocycles. The maximum atomic E-state index is 11.6. The van der Waals surface area contributed by atoms with Crippen molar-refractivity contribution in [3.63, 3.8) is 0 Å². The van der Waals surface area contributed by atoms with Crippen molar-refractivity contribution in [1.82, 2.24) is 5.32 Å². The van der Waals surface area contributed by atoms with E-state index in [1.807, 2.05) is 0 Å². The van der Waals surface area contributed by atoms with Gasteiger partial charge in [0, 0.05) is 22.9 Å². The van der Waals surface area contributed by atoms with Crippen LogP contribution in [0.3, 0.4) is 0 Å². The van der Waals surface area contributed by atoms with Crippen molar-refractivity contribution < 1.29 is 14.7 Å². The second-order valence-electron chi connectivity index (χ2n) is 4.27. The summed E-state index contributed by atoms with van der Waals surface area (Å²) in [5.41, 5.74) is 0.652. The molecule has 4 nitrogen and oxygen atoms in total. The number of allylic oxidation sites excluding steroid dienone is 1. The minimum Gasteiger partial charge on any atom is -0.480 e. The minimum atomic E-state index is -1.10. The molecule has 0 spiro atoms. The first-order chi connectivity index (χ1) is 9.42. The Balaban J connectivity index is 2.74. The van der Waals surface area contributed by atoms with Crippen LogP contribution in [0.15, 0.2) is 30.9 Å². The van der Waals surface area contributed by atoms with Gasteiger partial charge in [0.05, 0.1) is 0 Å². The van der Waals surface area contributed by atoms with Gasteiger partial charge in [0.15, 0.2) is 0 Å². The van der Waals surface area contributed by atoms with Gasteiger partial charge in [0.2, 0.25) is 5.91 Å². The van der Waals surface area contributed by atoms with Gasteiger partial charge in [-0.3, -0.25) is 4.79 Å². The summed E-state index contributed by atoms with van der Waals surface area (Å²) in [6.07, 6.45) is 2.44. The Morgan fingerprint density at radius 2 is 1.90 bits per heavy atom. The van der Waals surface area contributed by atoms with Crippen LogP contribution in [0.5, 0.6) is 0 Å². The van der Waals surface area contributed by atoms with Crippen LogP contribution < -0.4 is 5.32 Å². The van der Waals surface area contributed by atoms with Crippen molar-refractivity contribution in [3.05, 3.63) is 46.5 Å². The molecule has 0 aliphatic rings. The average molecular weight is 316 g/mol. The first kappa shape index (κ1) is 16.5. The Kier molecular flexibility index (Phi) is 6.55. The molecule has 1 amide bonds. The highest BCUT2D eigenvalue weighted by atomic mass is 35.5. The lowest BCUT2D eigenvalue weighted by Crippen LogP contribution is -2.42. The van der Waals surface area contributed by atoms with E-state index in [0.29, 0.717) is 22.0 Å². The fraction of sp³-hybridized carbons (Fsp3) is 0.286. The molecule has 2 N–H and O–H groups in total. The summed E-state index contributed by atoms with van der Waals surface area (Å²) < 4.78 is 0. The average Bonchev–Trinajstić information content (AvgIpc) is 2.34. The third-order valence-electron chi connectivity index (χ3n) is 2.57. The molecule has 0 bridgehead atoms. The molecule has 108 valence electrons. The van der Waals surface area contributed by atoms with Gasteiger partial charge in [-0.1, -0.05) is 29.3 Å². The standard InChI is InChI=1S/C14H15Cl2NO3/c1-2-3-4-13(18)17-12(14(19)20)7-9-5-10(15)8-11(16)6-9/h2,5-6,8,12H,1,3-4,7H2,(H,17,18)(H,19,20). The van der Waals surface area contributed by atoms with Crippen molar-refractivity contribution in [2.24, 2.45) is 0 Å². The highest BCUT2D eigenvalue weighted by Crippen LogP contribution is 2.20. The lowest BCUT2D eigenvalue weighted by Gasteiger charge is -2.14. The largest absolute Gasteiger partial charge is 0.480 e. The highest BCUT2D eigenvalue weighted by molar-refractivity contribution is 6.34. The molecular weight excluding hydrogens is 301 g/mol. The second kappa shape index (κ2) is 7.92. The molecule has 0 radical (unpaired) electrons. The first-order valence-electron chi connectivity index (χ1n) is 6.00. The summed E-state index contributed by atoms with van der Waals surface area (Å²) in [7, 11) is 0. The predicted octanol–water partition coefficient (Wildman–Crippen LogP) is 3.07. The lowest BCUT2D eigenvalue weighted by atomic mass is 10.1. The van der Waals surface area contributed by atoms with E-state index < -0.39 is 12.0 Å². The fourth-order valence-electron chi connectivity index (χ4n) is 1.66. The van der Waals surface area contributed by atoms with Gasteiger partial charge < -0.3 is 10.4 Å². The lowest BCUT2D eigenvalue weighted by molar-refractivity contribution is -0.141. The highest BCUT2D eigenvalue weighted by Gasteiger charge is 2.20. The third-order valence-corrected chi connectivity index (χ3v) is 3.01. The number of nitrogens with one attached hydrogen (secondary N) is 1. The number of benzene rings is 1. The van der Waals surface area contributed by atoms with Crippen LogP contribution in [0, 0.1) is 0 Å². The molecule has 6 heteroatoms. The Labute approximate surface area is 127 Å². The summed E-state index contributed by atoms with van der Waals surface area (Å²) in [6.45, 7) is 3.51. The van der Waals surface area contributed by atoms with Gasteiger partial charge >= 0.3 is 5.97 Å². The molecule has 0 aromatic heterocycles. The molecule has 0 aliphatic carbocycles. The number of hydrogen-bond donors (Lipinski definition) is 2. The fourth-order valence-corrected chi connectivity index (χ4v) is 2.24. The van der Waals surface area contributed by atoms with Crippen LogP contribution in [0.2, 0.25) is 10.0 Å². The molecule has 1 rings (SSSR count). The van der Waals surface area contributed by atoms with Crippen LogP contribution in [0.25, 0.3) is 0 Å². The molecule has 1 aromatic rings. The number of aliphatic carboxylic acids is 1. The van der Waals surface area contributed by atoms with Crippen LogP contribution >= 0.6 is 23.2 Å². The van der Waals surface area contributed by atoms with Crippen molar-refractivity contribution >= 4 is 35.1 Å². The number of carboxylic acids is 1. The molecule has 20 heavy (non-hydrogen) atoms. The number of hydrogen-bond acceptors (Lipinski definition) is 2. The Morgan fingerprint density at radius 3 is 2.40 bits per heavy atom. The van der Waals surface area contributed by atoms with Crippen LogP contribution in [-0.2, 0) is 16.0 Å². The van der Waals surface area contributed by atoms with E-state index in [4.69, 9.17) is 28.3 Å². The molecule has 1 aromatic carbocycles. The monoisotopic (exact) mass is 315 g/mol. The molecule has 0 heterocycles. The molecule has 0 saturated carbocycles. The second-order valence-corrected chi connectivity index (χ2v) is 5.14. The predicted molar refractivity (Wildman–Crippen MR) is 79.2 cm³/mol. The molecule has 0 saturated heterocycles.